The van der Waals surface area contributed by atoms with Crippen LogP contribution in [0.25, 0.3) is 0 Å². The van der Waals surface area contributed by atoms with Crippen molar-refractivity contribution in [1.29, 1.82) is 0 Å². The van der Waals surface area contributed by atoms with Gasteiger partial charge in [0.05, 0.1) is 8.07 Å². The van der Waals surface area contributed by atoms with Crippen LogP contribution in [0.15, 0.2) is 42.5 Å². The van der Waals surface area contributed by atoms with Gasteiger partial charge in [0.25, 0.3) is 0 Å². The van der Waals surface area contributed by atoms with E-state index in [9.17, 15) is 4.79 Å². The van der Waals surface area contributed by atoms with E-state index in [-0.39, 0.29) is 12.1 Å². The van der Waals surface area contributed by atoms with Gasteiger partial charge in [-0.3, -0.25) is 4.79 Å². The average molecular weight is 345 g/mol. The van der Waals surface area contributed by atoms with Crippen LogP contribution in [0.3, 0.4) is 0 Å². The van der Waals surface area contributed by atoms with E-state index >= 15 is 0 Å². The van der Waals surface area contributed by atoms with Crippen molar-refractivity contribution >= 4 is 19.2 Å². The minimum absolute atomic E-state index is 0.144. The molecule has 2 nitrogen and oxygen atoms in total. The minimum atomic E-state index is -1.63. The van der Waals surface area contributed by atoms with E-state index in [0.717, 1.165) is 5.92 Å². The van der Waals surface area contributed by atoms with E-state index in [1.807, 2.05) is 6.92 Å². The van der Waals surface area contributed by atoms with E-state index in [2.05, 4.69) is 55.6 Å². The minimum Gasteiger partial charge on any atom is -0.459 e. The maximum absolute atomic E-state index is 11.2. The highest BCUT2D eigenvalue weighted by atomic mass is 28.3. The molecule has 0 aliphatic heterocycles. The van der Waals surface area contributed by atoms with Gasteiger partial charge in [0, 0.05) is 6.92 Å². The van der Waals surface area contributed by atoms with Gasteiger partial charge in [0.15, 0.2) is 0 Å². The molecule has 0 heterocycles. The first kappa shape index (κ1) is 19.0. The van der Waals surface area contributed by atoms with Gasteiger partial charge in [-0.05, 0) is 24.5 Å². The summed E-state index contributed by atoms with van der Waals surface area (Å²) >= 11 is 0. The Hall–Kier alpha value is -1.35. The number of esters is 1. The number of carbonyl (C=O) groups excluding carboxylic acids is 1. The first-order chi connectivity index (χ1) is 11.4. The Labute approximate surface area is 148 Å². The zero-order valence-electron chi connectivity index (χ0n) is 15.6. The van der Waals surface area contributed by atoms with E-state index in [4.69, 9.17) is 4.74 Å². The van der Waals surface area contributed by atoms with Gasteiger partial charge in [-0.2, -0.15) is 0 Å². The van der Waals surface area contributed by atoms with Crippen LogP contribution in [0.5, 0.6) is 0 Å². The van der Waals surface area contributed by atoms with Crippen molar-refractivity contribution in [2.75, 3.05) is 0 Å². The second kappa shape index (κ2) is 8.66. The molecule has 3 heteroatoms. The van der Waals surface area contributed by atoms with Gasteiger partial charge in [0.2, 0.25) is 0 Å². The molecule has 0 unspecified atom stereocenters. The van der Waals surface area contributed by atoms with E-state index in [1.165, 1.54) is 44.2 Å². The summed E-state index contributed by atoms with van der Waals surface area (Å²) in [6.07, 6.45) is 11.1. The highest BCUT2D eigenvalue weighted by molar-refractivity contribution is 6.91. The lowest BCUT2D eigenvalue weighted by atomic mass is 9.86. The van der Waals surface area contributed by atoms with Crippen LogP contribution in [-0.2, 0) is 9.53 Å². The number of allylic oxidation sites excluding steroid dienone is 1. The molecule has 1 fully saturated rings. The zero-order valence-corrected chi connectivity index (χ0v) is 16.6. The van der Waals surface area contributed by atoms with Crippen LogP contribution >= 0.6 is 0 Å². The lowest BCUT2D eigenvalue weighted by molar-refractivity contribution is -0.143. The largest absolute Gasteiger partial charge is 0.459 e. The monoisotopic (exact) mass is 344 g/mol. The molecule has 2 atom stereocenters. The van der Waals surface area contributed by atoms with Crippen LogP contribution in [0.1, 0.15) is 46.0 Å². The molecule has 0 N–H and O–H groups in total. The standard InChI is InChI=1S/C21H32O2Si/c1-17(23-18(2)22)15-16-21(19-11-7-5-8-12-19)24(3,4)20-13-9-6-10-14-20/h6,9-10,13-17,19,21H,5,7-8,11-12H2,1-4H3/b16-15-/t17-,21+/m0/s1. The Morgan fingerprint density at radius 2 is 1.75 bits per heavy atom. The molecule has 24 heavy (non-hydrogen) atoms. The molecule has 0 aromatic heterocycles. The molecule has 1 aliphatic carbocycles. The Bertz CT molecular complexity index is 544. The third kappa shape index (κ3) is 5.07. The summed E-state index contributed by atoms with van der Waals surface area (Å²) in [5, 5.41) is 1.52. The molecule has 0 amide bonds. The van der Waals surface area contributed by atoms with Crippen molar-refractivity contribution in [2.45, 2.75) is 70.7 Å². The molecule has 0 radical (unpaired) electrons. The number of rotatable bonds is 6. The quantitative estimate of drug-likeness (QED) is 0.409. The Kier molecular flexibility index (Phi) is 6.85. The van der Waals surface area contributed by atoms with Crippen molar-refractivity contribution in [3.63, 3.8) is 0 Å². The smallest absolute Gasteiger partial charge is 0.303 e. The van der Waals surface area contributed by atoms with Gasteiger partial charge < -0.3 is 4.74 Å². The van der Waals surface area contributed by atoms with Gasteiger partial charge in [-0.15, -0.1) is 0 Å². The molecule has 0 bridgehead atoms. The zero-order chi connectivity index (χ0) is 17.6. The Balaban J connectivity index is 2.25. The van der Waals surface area contributed by atoms with Crippen LogP contribution in [0.2, 0.25) is 18.6 Å². The lowest BCUT2D eigenvalue weighted by Crippen LogP contribution is -2.48. The fourth-order valence-corrected chi connectivity index (χ4v) is 7.66. The molecule has 1 aliphatic rings. The summed E-state index contributed by atoms with van der Waals surface area (Å²) in [6.45, 7) is 8.41. The highest BCUT2D eigenvalue weighted by Crippen LogP contribution is 2.40. The van der Waals surface area contributed by atoms with Crippen LogP contribution in [0.4, 0.5) is 0 Å². The first-order valence-electron chi connectivity index (χ1n) is 9.32. The van der Waals surface area contributed by atoms with Crippen molar-refractivity contribution in [2.24, 2.45) is 5.92 Å². The van der Waals surface area contributed by atoms with Crippen molar-refractivity contribution in [1.82, 2.24) is 0 Å². The highest BCUT2D eigenvalue weighted by Gasteiger charge is 2.37. The number of ether oxygens (including phenoxy) is 1. The predicted octanol–water partition coefficient (Wildman–Crippen LogP) is 5.06. The van der Waals surface area contributed by atoms with E-state index in [0.29, 0.717) is 5.54 Å². The van der Waals surface area contributed by atoms with Gasteiger partial charge in [-0.25, -0.2) is 0 Å². The second-order valence-electron chi connectivity index (χ2n) is 7.71. The number of hydrogen-bond donors (Lipinski definition) is 0. The van der Waals surface area contributed by atoms with Gasteiger partial charge in [-0.1, -0.05) is 86.8 Å². The predicted molar refractivity (Wildman–Crippen MR) is 104 cm³/mol. The van der Waals surface area contributed by atoms with Crippen LogP contribution in [0, 0.1) is 5.92 Å². The second-order valence-corrected chi connectivity index (χ2v) is 12.4. The normalized spacial score (nSPS) is 19.2. The fourth-order valence-electron chi connectivity index (χ4n) is 4.12. The van der Waals surface area contributed by atoms with E-state index < -0.39 is 8.07 Å². The summed E-state index contributed by atoms with van der Waals surface area (Å²) in [7, 11) is -1.63. The molecule has 1 aromatic rings. The summed E-state index contributed by atoms with van der Waals surface area (Å²) in [5.74, 6) is 0.558. The molecule has 1 saturated carbocycles. The van der Waals surface area contributed by atoms with Crippen LogP contribution < -0.4 is 5.19 Å². The Morgan fingerprint density at radius 3 is 2.33 bits per heavy atom. The molecular weight excluding hydrogens is 312 g/mol. The SMILES string of the molecule is CC(=O)O[C@@H](C)/C=C\[C@H](C1CCCCC1)[Si](C)(C)c1ccccc1. The van der Waals surface area contributed by atoms with Gasteiger partial charge in [0.1, 0.15) is 6.10 Å². The number of benzene rings is 1. The van der Waals surface area contributed by atoms with Crippen molar-refractivity contribution in [3.8, 4) is 0 Å². The average Bonchev–Trinajstić information content (AvgIpc) is 2.56. The molecule has 0 spiro atoms. The summed E-state index contributed by atoms with van der Waals surface area (Å²) in [6, 6.07) is 11.0. The molecular formula is C21H32O2Si. The fraction of sp³-hybridized carbons (Fsp3) is 0.571. The number of carbonyl (C=O) groups is 1. The van der Waals surface area contributed by atoms with Crippen LogP contribution in [-0.4, -0.2) is 20.1 Å². The Morgan fingerprint density at radius 1 is 1.12 bits per heavy atom. The number of hydrogen-bond acceptors (Lipinski definition) is 2. The molecule has 0 saturated heterocycles. The maximum Gasteiger partial charge on any atom is 0.303 e. The molecule has 132 valence electrons. The molecule has 2 rings (SSSR count). The van der Waals surface area contributed by atoms with E-state index in [1.54, 1.807) is 0 Å². The molecule has 1 aromatic carbocycles. The summed E-state index contributed by atoms with van der Waals surface area (Å²) < 4.78 is 5.30. The topological polar surface area (TPSA) is 26.3 Å². The van der Waals surface area contributed by atoms with Crippen molar-refractivity contribution < 1.29 is 9.53 Å². The third-order valence-electron chi connectivity index (χ3n) is 5.45. The lowest BCUT2D eigenvalue weighted by Gasteiger charge is -2.39. The summed E-state index contributed by atoms with van der Waals surface area (Å²) in [5.41, 5.74) is 0.596. The summed E-state index contributed by atoms with van der Waals surface area (Å²) in [4.78, 5) is 11.2. The first-order valence-corrected chi connectivity index (χ1v) is 12.4. The maximum atomic E-state index is 11.2. The third-order valence-corrected chi connectivity index (χ3v) is 9.60. The van der Waals surface area contributed by atoms with Gasteiger partial charge >= 0.3 is 5.97 Å². The van der Waals surface area contributed by atoms with Crippen molar-refractivity contribution in [3.05, 3.63) is 42.5 Å².